The Balaban J connectivity index is 2.45. The van der Waals surface area contributed by atoms with E-state index >= 15 is 0 Å². The van der Waals surface area contributed by atoms with E-state index in [9.17, 15) is 4.79 Å². The summed E-state index contributed by atoms with van der Waals surface area (Å²) < 4.78 is 6.32. The van der Waals surface area contributed by atoms with Gasteiger partial charge in [-0.15, -0.1) is 5.10 Å². The minimum Gasteiger partial charge on any atom is -0.464 e. The van der Waals surface area contributed by atoms with Crippen LogP contribution in [-0.2, 0) is 11.8 Å². The first-order valence-corrected chi connectivity index (χ1v) is 4.20. The number of hydrogen-bond donors (Lipinski definition) is 1. The number of carbonyl (C=O) groups is 1. The molecular weight excluding hydrogens is 198 g/mol. The van der Waals surface area contributed by atoms with Crippen LogP contribution in [0.1, 0.15) is 10.5 Å². The standard InChI is InChI=1S/C8H9N5O2/c1-13-3-5(9-4-13)6-7(8(14)15-2)11-12-10-6/h3-4H,1-2H3,(H,10,11,12). The molecule has 0 aliphatic rings. The molecule has 0 saturated carbocycles. The van der Waals surface area contributed by atoms with Crippen LogP contribution in [-0.4, -0.2) is 38.0 Å². The number of aromatic amines is 1. The Labute approximate surface area is 85.1 Å². The van der Waals surface area contributed by atoms with Gasteiger partial charge in [0, 0.05) is 13.2 Å². The zero-order valence-corrected chi connectivity index (χ0v) is 8.26. The van der Waals surface area contributed by atoms with Crippen LogP contribution in [0.5, 0.6) is 0 Å². The molecular formula is C8H9N5O2. The van der Waals surface area contributed by atoms with Crippen molar-refractivity contribution in [1.82, 2.24) is 25.0 Å². The van der Waals surface area contributed by atoms with Gasteiger partial charge in [-0.1, -0.05) is 0 Å². The Morgan fingerprint density at radius 1 is 1.53 bits per heavy atom. The van der Waals surface area contributed by atoms with E-state index in [4.69, 9.17) is 0 Å². The number of aryl methyl sites for hydroxylation is 1. The van der Waals surface area contributed by atoms with Crippen LogP contribution in [0.15, 0.2) is 12.5 Å². The number of rotatable bonds is 2. The van der Waals surface area contributed by atoms with E-state index in [-0.39, 0.29) is 5.69 Å². The maximum Gasteiger partial charge on any atom is 0.360 e. The molecule has 0 radical (unpaired) electrons. The molecule has 0 bridgehead atoms. The van der Waals surface area contributed by atoms with Crippen LogP contribution in [0.25, 0.3) is 11.4 Å². The van der Waals surface area contributed by atoms with Gasteiger partial charge in [0.15, 0.2) is 5.69 Å². The number of aromatic nitrogens is 5. The Bertz CT molecular complexity index is 487. The maximum absolute atomic E-state index is 11.3. The molecule has 0 saturated heterocycles. The lowest BCUT2D eigenvalue weighted by Crippen LogP contribution is -2.03. The number of H-pyrrole nitrogens is 1. The number of esters is 1. The minimum absolute atomic E-state index is 0.135. The number of nitrogens with one attached hydrogen (secondary N) is 1. The van der Waals surface area contributed by atoms with Gasteiger partial charge in [-0.3, -0.25) is 0 Å². The predicted octanol–water partition coefficient (Wildman–Crippen LogP) is -0.00820. The fraction of sp³-hybridized carbons (Fsp3) is 0.250. The average molecular weight is 207 g/mol. The number of nitrogens with zero attached hydrogens (tertiary/aromatic N) is 4. The maximum atomic E-state index is 11.3. The predicted molar refractivity (Wildman–Crippen MR) is 49.9 cm³/mol. The summed E-state index contributed by atoms with van der Waals surface area (Å²) >= 11 is 0. The van der Waals surface area contributed by atoms with Crippen molar-refractivity contribution in [2.24, 2.45) is 7.05 Å². The second kappa shape index (κ2) is 3.52. The van der Waals surface area contributed by atoms with Crippen molar-refractivity contribution in [2.75, 3.05) is 7.11 Å². The van der Waals surface area contributed by atoms with E-state index in [0.717, 1.165) is 0 Å². The first-order chi connectivity index (χ1) is 7.22. The number of carbonyl (C=O) groups excluding carboxylic acids is 1. The van der Waals surface area contributed by atoms with Gasteiger partial charge in [-0.05, 0) is 0 Å². The van der Waals surface area contributed by atoms with Gasteiger partial charge >= 0.3 is 5.97 Å². The van der Waals surface area contributed by atoms with Crippen molar-refractivity contribution in [1.29, 1.82) is 0 Å². The molecule has 0 fully saturated rings. The van der Waals surface area contributed by atoms with Crippen molar-refractivity contribution < 1.29 is 9.53 Å². The third-order valence-corrected chi connectivity index (χ3v) is 1.87. The SMILES string of the molecule is COC(=O)c1n[nH]nc1-c1cn(C)cn1. The molecule has 0 atom stereocenters. The van der Waals surface area contributed by atoms with Crippen molar-refractivity contribution in [3.63, 3.8) is 0 Å². The largest absolute Gasteiger partial charge is 0.464 e. The summed E-state index contributed by atoms with van der Waals surface area (Å²) in [5.74, 6) is -0.538. The average Bonchev–Trinajstić information content (AvgIpc) is 2.84. The highest BCUT2D eigenvalue weighted by molar-refractivity contribution is 5.93. The zero-order valence-electron chi connectivity index (χ0n) is 8.26. The summed E-state index contributed by atoms with van der Waals surface area (Å²) in [6.07, 6.45) is 3.36. The lowest BCUT2D eigenvalue weighted by molar-refractivity contribution is 0.0595. The molecule has 0 aromatic carbocycles. The van der Waals surface area contributed by atoms with Gasteiger partial charge in [0.25, 0.3) is 0 Å². The quantitative estimate of drug-likeness (QED) is 0.700. The fourth-order valence-electron chi connectivity index (χ4n) is 1.18. The first-order valence-electron chi connectivity index (χ1n) is 4.20. The van der Waals surface area contributed by atoms with Gasteiger partial charge in [-0.25, -0.2) is 9.78 Å². The van der Waals surface area contributed by atoms with Crippen molar-refractivity contribution in [3.05, 3.63) is 18.2 Å². The van der Waals surface area contributed by atoms with Crippen LogP contribution in [0.4, 0.5) is 0 Å². The Morgan fingerprint density at radius 2 is 2.33 bits per heavy atom. The summed E-state index contributed by atoms with van der Waals surface area (Å²) in [5.41, 5.74) is 1.10. The normalized spacial score (nSPS) is 10.3. The molecule has 2 aromatic rings. The third kappa shape index (κ3) is 1.58. The first kappa shape index (κ1) is 9.38. The van der Waals surface area contributed by atoms with E-state index in [1.54, 1.807) is 17.1 Å². The molecule has 78 valence electrons. The summed E-state index contributed by atoms with van der Waals surface area (Å²) in [6, 6.07) is 0. The molecule has 0 amide bonds. The van der Waals surface area contributed by atoms with Gasteiger partial charge in [0.2, 0.25) is 0 Å². The smallest absolute Gasteiger partial charge is 0.360 e. The van der Waals surface area contributed by atoms with E-state index < -0.39 is 5.97 Å². The zero-order chi connectivity index (χ0) is 10.8. The minimum atomic E-state index is -0.538. The number of imidazole rings is 1. The number of methoxy groups -OCH3 is 1. The van der Waals surface area contributed by atoms with Crippen molar-refractivity contribution in [3.8, 4) is 11.4 Å². The van der Waals surface area contributed by atoms with E-state index in [1.807, 2.05) is 7.05 Å². The molecule has 7 heteroatoms. The summed E-state index contributed by atoms with van der Waals surface area (Å²) in [4.78, 5) is 15.4. The second-order valence-corrected chi connectivity index (χ2v) is 2.94. The molecule has 2 rings (SSSR count). The van der Waals surface area contributed by atoms with Gasteiger partial charge in [-0.2, -0.15) is 10.3 Å². The lowest BCUT2D eigenvalue weighted by Gasteiger charge is -1.94. The topological polar surface area (TPSA) is 85.7 Å². The second-order valence-electron chi connectivity index (χ2n) is 2.94. The van der Waals surface area contributed by atoms with Crippen molar-refractivity contribution >= 4 is 5.97 Å². The Hall–Kier alpha value is -2.18. The summed E-state index contributed by atoms with van der Waals surface area (Å²) in [5, 5.41) is 9.94. The van der Waals surface area contributed by atoms with E-state index in [1.165, 1.54) is 7.11 Å². The van der Waals surface area contributed by atoms with Gasteiger partial charge in [0.1, 0.15) is 11.4 Å². The summed E-state index contributed by atoms with van der Waals surface area (Å²) in [6.45, 7) is 0. The fourth-order valence-corrected chi connectivity index (χ4v) is 1.18. The Kier molecular flexibility index (Phi) is 2.20. The molecule has 0 aliphatic carbocycles. The van der Waals surface area contributed by atoms with Crippen LogP contribution in [0, 0.1) is 0 Å². The van der Waals surface area contributed by atoms with Crippen LogP contribution >= 0.6 is 0 Å². The molecule has 15 heavy (non-hydrogen) atoms. The molecule has 2 heterocycles. The monoisotopic (exact) mass is 207 g/mol. The van der Waals surface area contributed by atoms with Crippen molar-refractivity contribution in [2.45, 2.75) is 0 Å². The van der Waals surface area contributed by atoms with Crippen LogP contribution in [0.2, 0.25) is 0 Å². The highest BCUT2D eigenvalue weighted by atomic mass is 16.5. The lowest BCUT2D eigenvalue weighted by atomic mass is 10.2. The molecule has 1 N–H and O–H groups in total. The number of ether oxygens (including phenoxy) is 1. The van der Waals surface area contributed by atoms with Gasteiger partial charge in [0.05, 0.1) is 13.4 Å². The van der Waals surface area contributed by atoms with E-state index in [0.29, 0.717) is 11.4 Å². The Morgan fingerprint density at radius 3 is 2.93 bits per heavy atom. The highest BCUT2D eigenvalue weighted by Gasteiger charge is 2.19. The molecule has 0 unspecified atom stereocenters. The van der Waals surface area contributed by atoms with Crippen LogP contribution in [0.3, 0.4) is 0 Å². The van der Waals surface area contributed by atoms with E-state index in [2.05, 4.69) is 25.1 Å². The highest BCUT2D eigenvalue weighted by Crippen LogP contribution is 2.17. The molecule has 0 aliphatic heterocycles. The van der Waals surface area contributed by atoms with Crippen LogP contribution < -0.4 is 0 Å². The number of hydrogen-bond acceptors (Lipinski definition) is 5. The van der Waals surface area contributed by atoms with Gasteiger partial charge < -0.3 is 9.30 Å². The molecule has 0 spiro atoms. The summed E-state index contributed by atoms with van der Waals surface area (Å²) in [7, 11) is 3.12. The molecule has 7 nitrogen and oxygen atoms in total. The molecule has 2 aromatic heterocycles. The third-order valence-electron chi connectivity index (χ3n) is 1.87.